The summed E-state index contributed by atoms with van der Waals surface area (Å²) in [5.74, 6) is 0.529. The summed E-state index contributed by atoms with van der Waals surface area (Å²) in [7, 11) is 0. The van der Waals surface area contributed by atoms with Crippen LogP contribution in [0.15, 0.2) is 48.5 Å². The largest absolute Gasteiger partial charge is 0.294 e. The van der Waals surface area contributed by atoms with Crippen molar-refractivity contribution in [1.82, 2.24) is 0 Å². The third-order valence-corrected chi connectivity index (χ3v) is 4.92. The average molecular weight is 324 g/mol. The smallest absolute Gasteiger partial charge is 0.238 e. The molecule has 1 aliphatic rings. The molecule has 2 aromatic carbocycles. The van der Waals surface area contributed by atoms with E-state index < -0.39 is 0 Å². The lowest BCUT2D eigenvalue weighted by Crippen LogP contribution is -2.28. The number of halogens is 2. The van der Waals surface area contributed by atoms with Gasteiger partial charge in [-0.1, -0.05) is 47.5 Å². The van der Waals surface area contributed by atoms with Gasteiger partial charge in [0.05, 0.1) is 16.5 Å². The first-order valence-corrected chi connectivity index (χ1v) is 7.91. The zero-order chi connectivity index (χ0) is 14.1. The predicted molar refractivity (Wildman–Crippen MR) is 85.6 cm³/mol. The molecule has 1 heterocycles. The molecule has 1 atom stereocenters. The topological polar surface area (TPSA) is 20.3 Å². The molecule has 1 aliphatic heterocycles. The second kappa shape index (κ2) is 5.68. The average Bonchev–Trinajstić information content (AvgIpc) is 2.82. The molecule has 0 aromatic heterocycles. The van der Waals surface area contributed by atoms with Gasteiger partial charge in [-0.05, 0) is 29.8 Å². The van der Waals surface area contributed by atoms with Gasteiger partial charge in [0, 0.05) is 5.02 Å². The van der Waals surface area contributed by atoms with Gasteiger partial charge in [0.1, 0.15) is 5.37 Å². The van der Waals surface area contributed by atoms with E-state index in [1.54, 1.807) is 22.7 Å². The third-order valence-electron chi connectivity index (χ3n) is 3.14. The van der Waals surface area contributed by atoms with Crippen molar-refractivity contribution in [3.8, 4) is 0 Å². The maximum Gasteiger partial charge on any atom is 0.238 e. The molecule has 1 saturated heterocycles. The standard InChI is InChI=1S/C15H11Cl2NOS/c16-11-7-5-10(6-8-11)15-18(14(19)9-20-15)13-4-2-1-3-12(13)17/h1-8,15H,9H2. The van der Waals surface area contributed by atoms with Gasteiger partial charge in [0.25, 0.3) is 0 Å². The fraction of sp³-hybridized carbons (Fsp3) is 0.133. The van der Waals surface area contributed by atoms with Crippen LogP contribution in [0.2, 0.25) is 10.0 Å². The van der Waals surface area contributed by atoms with Crippen LogP contribution in [-0.4, -0.2) is 11.7 Å². The summed E-state index contributed by atoms with van der Waals surface area (Å²) >= 11 is 13.7. The lowest BCUT2D eigenvalue weighted by atomic mass is 10.2. The highest BCUT2D eigenvalue weighted by atomic mass is 35.5. The molecule has 0 spiro atoms. The van der Waals surface area contributed by atoms with Crippen LogP contribution in [-0.2, 0) is 4.79 Å². The molecule has 1 fully saturated rings. The van der Waals surface area contributed by atoms with Gasteiger partial charge in [0.15, 0.2) is 0 Å². The first-order chi connectivity index (χ1) is 9.66. The minimum absolute atomic E-state index is 0.0559. The van der Waals surface area contributed by atoms with Crippen LogP contribution in [0.3, 0.4) is 0 Å². The Hall–Kier alpha value is -1.16. The van der Waals surface area contributed by atoms with Gasteiger partial charge in [-0.15, -0.1) is 11.8 Å². The van der Waals surface area contributed by atoms with Crippen LogP contribution >= 0.6 is 35.0 Å². The molecule has 20 heavy (non-hydrogen) atoms. The number of carbonyl (C=O) groups is 1. The van der Waals surface area contributed by atoms with Crippen LogP contribution in [0.4, 0.5) is 5.69 Å². The van der Waals surface area contributed by atoms with Gasteiger partial charge in [-0.3, -0.25) is 9.69 Å². The predicted octanol–water partition coefficient (Wildman–Crippen LogP) is 4.77. The quantitative estimate of drug-likeness (QED) is 0.793. The van der Waals surface area contributed by atoms with Gasteiger partial charge in [0.2, 0.25) is 5.91 Å². The van der Waals surface area contributed by atoms with Gasteiger partial charge in [-0.25, -0.2) is 0 Å². The normalized spacial score (nSPS) is 18.6. The number of carbonyl (C=O) groups excluding carboxylic acids is 1. The van der Waals surface area contributed by atoms with E-state index in [9.17, 15) is 4.79 Å². The Bertz CT molecular complexity index is 645. The molecule has 0 radical (unpaired) electrons. The van der Waals surface area contributed by atoms with Gasteiger partial charge in [-0.2, -0.15) is 0 Å². The minimum Gasteiger partial charge on any atom is -0.294 e. The van der Waals surface area contributed by atoms with Crippen molar-refractivity contribution in [1.29, 1.82) is 0 Å². The molecule has 5 heteroatoms. The summed E-state index contributed by atoms with van der Waals surface area (Å²) in [6.07, 6.45) is 0. The van der Waals surface area contributed by atoms with E-state index in [1.165, 1.54) is 0 Å². The second-order valence-corrected chi connectivity index (χ2v) is 6.34. The van der Waals surface area contributed by atoms with Crippen LogP contribution in [0.1, 0.15) is 10.9 Å². The number of thioether (sulfide) groups is 1. The Labute approximate surface area is 131 Å². The molecule has 2 aromatic rings. The van der Waals surface area contributed by atoms with E-state index in [0.717, 1.165) is 11.3 Å². The van der Waals surface area contributed by atoms with E-state index in [0.29, 0.717) is 15.8 Å². The molecular formula is C15H11Cl2NOS. The Morgan fingerprint density at radius 3 is 2.45 bits per heavy atom. The molecule has 0 aliphatic carbocycles. The van der Waals surface area contributed by atoms with Crippen molar-refractivity contribution in [2.24, 2.45) is 0 Å². The Morgan fingerprint density at radius 1 is 1.05 bits per heavy atom. The summed E-state index contributed by atoms with van der Waals surface area (Å²) in [5, 5.41) is 1.22. The van der Waals surface area contributed by atoms with E-state index in [-0.39, 0.29) is 11.3 Å². The molecule has 0 saturated carbocycles. The van der Waals surface area contributed by atoms with Crippen molar-refractivity contribution >= 4 is 46.6 Å². The van der Waals surface area contributed by atoms with E-state index in [1.807, 2.05) is 42.5 Å². The summed E-state index contributed by atoms with van der Waals surface area (Å²) in [6, 6.07) is 15.0. The molecule has 2 nitrogen and oxygen atoms in total. The zero-order valence-corrected chi connectivity index (χ0v) is 12.8. The summed E-state index contributed by atoms with van der Waals surface area (Å²) in [6.45, 7) is 0. The van der Waals surface area contributed by atoms with Crippen LogP contribution in [0, 0.1) is 0 Å². The number of anilines is 1. The minimum atomic E-state index is -0.0559. The fourth-order valence-corrected chi connectivity index (χ4v) is 3.73. The van der Waals surface area contributed by atoms with Crippen molar-refractivity contribution in [3.63, 3.8) is 0 Å². The van der Waals surface area contributed by atoms with Gasteiger partial charge < -0.3 is 0 Å². The Kier molecular flexibility index (Phi) is 3.92. The lowest BCUT2D eigenvalue weighted by Gasteiger charge is -2.25. The molecular weight excluding hydrogens is 313 g/mol. The van der Waals surface area contributed by atoms with Crippen molar-refractivity contribution in [2.75, 3.05) is 10.7 Å². The lowest BCUT2D eigenvalue weighted by molar-refractivity contribution is -0.115. The highest BCUT2D eigenvalue weighted by Gasteiger charge is 2.34. The highest BCUT2D eigenvalue weighted by molar-refractivity contribution is 8.00. The third kappa shape index (κ3) is 2.53. The SMILES string of the molecule is O=C1CSC(c2ccc(Cl)cc2)N1c1ccccc1Cl. The van der Waals surface area contributed by atoms with Crippen molar-refractivity contribution in [3.05, 3.63) is 64.1 Å². The first-order valence-electron chi connectivity index (χ1n) is 6.10. The van der Waals surface area contributed by atoms with E-state index in [4.69, 9.17) is 23.2 Å². The second-order valence-electron chi connectivity index (χ2n) is 4.43. The maximum atomic E-state index is 12.2. The number of benzene rings is 2. The molecule has 3 rings (SSSR count). The Morgan fingerprint density at radius 2 is 1.75 bits per heavy atom. The number of para-hydroxylation sites is 1. The number of hydrogen-bond acceptors (Lipinski definition) is 2. The fourth-order valence-electron chi connectivity index (χ4n) is 2.21. The number of amides is 1. The molecule has 0 bridgehead atoms. The molecule has 102 valence electrons. The highest BCUT2D eigenvalue weighted by Crippen LogP contribution is 2.43. The van der Waals surface area contributed by atoms with Crippen molar-refractivity contribution < 1.29 is 4.79 Å². The first kappa shape index (κ1) is 13.8. The van der Waals surface area contributed by atoms with Crippen molar-refractivity contribution in [2.45, 2.75) is 5.37 Å². The maximum absolute atomic E-state index is 12.2. The summed E-state index contributed by atoms with van der Waals surface area (Å²) < 4.78 is 0. The zero-order valence-electron chi connectivity index (χ0n) is 10.4. The Balaban J connectivity index is 2.01. The van der Waals surface area contributed by atoms with Crippen LogP contribution in [0.5, 0.6) is 0 Å². The monoisotopic (exact) mass is 323 g/mol. The molecule has 1 amide bonds. The molecule has 0 N–H and O–H groups in total. The van der Waals surface area contributed by atoms with E-state index >= 15 is 0 Å². The van der Waals surface area contributed by atoms with Crippen LogP contribution < -0.4 is 4.90 Å². The van der Waals surface area contributed by atoms with E-state index in [2.05, 4.69) is 0 Å². The number of nitrogens with zero attached hydrogens (tertiary/aromatic N) is 1. The summed E-state index contributed by atoms with van der Waals surface area (Å²) in [4.78, 5) is 14.0. The van der Waals surface area contributed by atoms with Gasteiger partial charge >= 0.3 is 0 Å². The molecule has 1 unspecified atom stereocenters. The van der Waals surface area contributed by atoms with Crippen LogP contribution in [0.25, 0.3) is 0 Å². The summed E-state index contributed by atoms with van der Waals surface area (Å²) in [5.41, 5.74) is 1.80. The number of rotatable bonds is 2. The number of hydrogen-bond donors (Lipinski definition) is 0.